The van der Waals surface area contributed by atoms with Crippen molar-refractivity contribution in [3.63, 3.8) is 0 Å². The zero-order chi connectivity index (χ0) is 8.43. The van der Waals surface area contributed by atoms with E-state index in [1.54, 1.807) is 6.92 Å². The van der Waals surface area contributed by atoms with Gasteiger partial charge < -0.3 is 20.1 Å². The molecule has 1 fully saturated rings. The molecule has 4 nitrogen and oxygen atoms in total. The maximum atomic E-state index is 9.31. The summed E-state index contributed by atoms with van der Waals surface area (Å²) in [7, 11) is 0. The summed E-state index contributed by atoms with van der Waals surface area (Å²) in [5.41, 5.74) is 0. The third-order valence-electron chi connectivity index (χ3n) is 2.07. The smallest absolute Gasteiger partial charge is 0.109 e. The van der Waals surface area contributed by atoms with Crippen LogP contribution in [0, 0.1) is 5.92 Å². The minimum Gasteiger partial charge on any atom is -0.394 e. The molecule has 1 aliphatic heterocycles. The molecule has 0 aromatic heterocycles. The van der Waals surface area contributed by atoms with Crippen LogP contribution in [0.5, 0.6) is 0 Å². The van der Waals surface area contributed by atoms with E-state index in [4.69, 9.17) is 9.84 Å². The summed E-state index contributed by atoms with van der Waals surface area (Å²) in [6.45, 7) is 1.94. The van der Waals surface area contributed by atoms with Crippen molar-refractivity contribution in [1.82, 2.24) is 0 Å². The Morgan fingerprint density at radius 3 is 2.55 bits per heavy atom. The highest BCUT2D eigenvalue weighted by molar-refractivity contribution is 4.84. The second kappa shape index (κ2) is 3.49. The standard InChI is InChI=1S/C7H14O4/c1-4-3-11-5(2-8)7(10)6(4)9/h4-10H,2-3H2,1H3/t4?,5-,6-,7-/m1/s1. The second-order valence-corrected chi connectivity index (χ2v) is 3.01. The van der Waals surface area contributed by atoms with E-state index < -0.39 is 18.3 Å². The average molecular weight is 162 g/mol. The molecule has 1 aliphatic rings. The van der Waals surface area contributed by atoms with Gasteiger partial charge in [0.05, 0.1) is 19.3 Å². The molecule has 3 N–H and O–H groups in total. The van der Waals surface area contributed by atoms with Gasteiger partial charge in [-0.3, -0.25) is 0 Å². The highest BCUT2D eigenvalue weighted by Gasteiger charge is 2.35. The van der Waals surface area contributed by atoms with Crippen LogP contribution >= 0.6 is 0 Å². The van der Waals surface area contributed by atoms with Gasteiger partial charge in [0.1, 0.15) is 12.2 Å². The van der Waals surface area contributed by atoms with Gasteiger partial charge >= 0.3 is 0 Å². The van der Waals surface area contributed by atoms with Crippen molar-refractivity contribution in [1.29, 1.82) is 0 Å². The largest absolute Gasteiger partial charge is 0.394 e. The fourth-order valence-corrected chi connectivity index (χ4v) is 1.19. The van der Waals surface area contributed by atoms with Gasteiger partial charge in [-0.15, -0.1) is 0 Å². The van der Waals surface area contributed by atoms with E-state index in [1.165, 1.54) is 0 Å². The molecule has 1 unspecified atom stereocenters. The van der Waals surface area contributed by atoms with E-state index >= 15 is 0 Å². The summed E-state index contributed by atoms with van der Waals surface area (Å²) in [4.78, 5) is 0. The number of hydrogen-bond donors (Lipinski definition) is 3. The molecule has 0 aromatic carbocycles. The number of hydrogen-bond acceptors (Lipinski definition) is 4. The number of ether oxygens (including phenoxy) is 1. The quantitative estimate of drug-likeness (QED) is 0.450. The Labute approximate surface area is 65.4 Å². The lowest BCUT2D eigenvalue weighted by Crippen LogP contribution is -2.50. The first-order valence-corrected chi connectivity index (χ1v) is 3.75. The van der Waals surface area contributed by atoms with Crippen LogP contribution in [0.25, 0.3) is 0 Å². The molecule has 0 radical (unpaired) electrons. The maximum absolute atomic E-state index is 9.31. The summed E-state index contributed by atoms with van der Waals surface area (Å²) in [6.07, 6.45) is -2.36. The normalized spacial score (nSPS) is 45.8. The molecule has 1 heterocycles. The minimum atomic E-state index is -0.955. The second-order valence-electron chi connectivity index (χ2n) is 3.01. The molecule has 0 saturated carbocycles. The zero-order valence-electron chi connectivity index (χ0n) is 6.47. The van der Waals surface area contributed by atoms with Crippen LogP contribution < -0.4 is 0 Å². The number of aliphatic hydroxyl groups excluding tert-OH is 3. The van der Waals surface area contributed by atoms with Gasteiger partial charge in [0.2, 0.25) is 0 Å². The third-order valence-corrected chi connectivity index (χ3v) is 2.07. The van der Waals surface area contributed by atoms with Gasteiger partial charge in [-0.1, -0.05) is 6.92 Å². The first kappa shape index (κ1) is 8.93. The van der Waals surface area contributed by atoms with Gasteiger partial charge in [-0.05, 0) is 0 Å². The molecular formula is C7H14O4. The SMILES string of the molecule is CC1CO[C@H](CO)[C@@H](O)[C@@H]1O. The van der Waals surface area contributed by atoms with Crippen LogP contribution in [-0.2, 0) is 4.74 Å². The fourth-order valence-electron chi connectivity index (χ4n) is 1.19. The van der Waals surface area contributed by atoms with Gasteiger partial charge in [0.15, 0.2) is 0 Å². The lowest BCUT2D eigenvalue weighted by molar-refractivity contribution is -0.170. The maximum Gasteiger partial charge on any atom is 0.109 e. The average Bonchev–Trinajstić information content (AvgIpc) is 2.01. The molecule has 1 saturated heterocycles. The molecule has 4 heteroatoms. The van der Waals surface area contributed by atoms with Crippen molar-refractivity contribution in [2.45, 2.75) is 25.2 Å². The van der Waals surface area contributed by atoms with Gasteiger partial charge in [-0.25, -0.2) is 0 Å². The molecule has 0 aliphatic carbocycles. The zero-order valence-corrected chi connectivity index (χ0v) is 6.47. The van der Waals surface area contributed by atoms with Crippen molar-refractivity contribution < 1.29 is 20.1 Å². The van der Waals surface area contributed by atoms with Crippen LogP contribution in [0.1, 0.15) is 6.92 Å². The number of rotatable bonds is 1. The monoisotopic (exact) mass is 162 g/mol. The van der Waals surface area contributed by atoms with E-state index in [2.05, 4.69) is 0 Å². The summed E-state index contributed by atoms with van der Waals surface area (Å²) >= 11 is 0. The van der Waals surface area contributed by atoms with E-state index in [0.717, 1.165) is 0 Å². The highest BCUT2D eigenvalue weighted by atomic mass is 16.5. The molecule has 0 spiro atoms. The molecule has 4 atom stereocenters. The van der Waals surface area contributed by atoms with Crippen molar-refractivity contribution in [3.8, 4) is 0 Å². The summed E-state index contributed by atoms with van der Waals surface area (Å²) < 4.78 is 5.06. The van der Waals surface area contributed by atoms with Gasteiger partial charge in [-0.2, -0.15) is 0 Å². The van der Waals surface area contributed by atoms with Crippen molar-refractivity contribution >= 4 is 0 Å². The van der Waals surface area contributed by atoms with Crippen molar-refractivity contribution in [3.05, 3.63) is 0 Å². The van der Waals surface area contributed by atoms with Crippen LogP contribution in [-0.4, -0.2) is 46.8 Å². The molecule has 0 bridgehead atoms. The molecule has 1 rings (SSSR count). The van der Waals surface area contributed by atoms with Crippen LogP contribution in [0.3, 0.4) is 0 Å². The molecule has 66 valence electrons. The summed E-state index contributed by atoms with van der Waals surface area (Å²) in [5.74, 6) is -0.0622. The molecule has 11 heavy (non-hydrogen) atoms. The van der Waals surface area contributed by atoms with Gasteiger partial charge in [0.25, 0.3) is 0 Å². The fraction of sp³-hybridized carbons (Fsp3) is 1.00. The predicted molar refractivity (Wildman–Crippen MR) is 38.0 cm³/mol. The van der Waals surface area contributed by atoms with E-state index in [0.29, 0.717) is 6.61 Å². The summed E-state index contributed by atoms with van der Waals surface area (Å²) in [6, 6.07) is 0. The molecular weight excluding hydrogens is 148 g/mol. The Kier molecular flexibility index (Phi) is 2.84. The Bertz CT molecular complexity index is 126. The van der Waals surface area contributed by atoms with Crippen molar-refractivity contribution in [2.24, 2.45) is 5.92 Å². The lowest BCUT2D eigenvalue weighted by atomic mass is 9.94. The Balaban J connectivity index is 2.52. The van der Waals surface area contributed by atoms with Crippen molar-refractivity contribution in [2.75, 3.05) is 13.2 Å². The molecule has 0 aromatic rings. The Morgan fingerprint density at radius 2 is 2.00 bits per heavy atom. The lowest BCUT2D eigenvalue weighted by Gasteiger charge is -2.35. The Hall–Kier alpha value is -0.160. The topological polar surface area (TPSA) is 69.9 Å². The van der Waals surface area contributed by atoms with E-state index in [1.807, 2.05) is 0 Å². The van der Waals surface area contributed by atoms with Gasteiger partial charge in [0, 0.05) is 5.92 Å². The highest BCUT2D eigenvalue weighted by Crippen LogP contribution is 2.19. The van der Waals surface area contributed by atoms with E-state index in [9.17, 15) is 10.2 Å². The number of aliphatic hydroxyl groups is 3. The van der Waals surface area contributed by atoms with Crippen LogP contribution in [0.15, 0.2) is 0 Å². The van der Waals surface area contributed by atoms with Crippen LogP contribution in [0.4, 0.5) is 0 Å². The first-order valence-electron chi connectivity index (χ1n) is 3.75. The minimum absolute atomic E-state index is 0.0622. The molecule has 0 amide bonds. The van der Waals surface area contributed by atoms with Crippen LogP contribution in [0.2, 0.25) is 0 Å². The third kappa shape index (κ3) is 1.70. The predicted octanol–water partition coefficient (Wildman–Crippen LogP) is -1.26. The summed E-state index contributed by atoms with van der Waals surface area (Å²) in [5, 5.41) is 27.2. The first-order chi connectivity index (χ1) is 5.16. The van der Waals surface area contributed by atoms with E-state index in [-0.39, 0.29) is 12.5 Å². The Morgan fingerprint density at radius 1 is 1.36 bits per heavy atom.